The zero-order valence-corrected chi connectivity index (χ0v) is 6.95. The molecule has 18 valence electrons. The van der Waals surface area contributed by atoms with E-state index in [0.717, 1.165) is 0 Å². The molecule has 4 heteroatoms. The molecule has 1 unspecified atom stereocenters. The first-order chi connectivity index (χ1) is 1.41. The third kappa shape index (κ3) is 9.12. The minimum atomic E-state index is 0. The Labute approximate surface area is 59.6 Å². The fraction of sp³-hybridized carbons (Fsp3) is 0. The summed E-state index contributed by atoms with van der Waals surface area (Å²) in [5.41, 5.74) is 0. The molecule has 0 radical (unpaired) electrons. The Balaban J connectivity index is 0. The average molecular weight is 119 g/mol. The Kier molecular flexibility index (Phi) is 20.6. The average Bonchev–Trinajstić information content (AvgIpc) is 0.918. The molecule has 0 aliphatic carbocycles. The molecule has 0 aliphatic rings. The molecule has 0 saturated heterocycles. The third-order valence-corrected chi connectivity index (χ3v) is 0. The molecular formula is HNaPS2+. The van der Waals surface area contributed by atoms with E-state index in [2.05, 4.69) is 24.1 Å². The predicted molar refractivity (Wildman–Crippen MR) is 23.0 cm³/mol. The summed E-state index contributed by atoms with van der Waals surface area (Å²) in [5, 5.41) is 0. The van der Waals surface area contributed by atoms with E-state index in [-0.39, 0.29) is 36.1 Å². The van der Waals surface area contributed by atoms with Crippen molar-refractivity contribution in [2.24, 2.45) is 0 Å². The number of hydrogen-bond donors (Lipinski definition) is 0. The van der Waals surface area contributed by atoms with E-state index in [1.54, 1.807) is 0 Å². The van der Waals surface area contributed by atoms with Crippen molar-refractivity contribution in [2.75, 3.05) is 0 Å². The monoisotopic (exact) mass is 119 g/mol. The van der Waals surface area contributed by atoms with Gasteiger partial charge in [-0.25, -0.2) is 0 Å². The van der Waals surface area contributed by atoms with Crippen LogP contribution in [0.25, 0.3) is 0 Å². The Bertz CT molecular complexity index is 13.5. The van der Waals surface area contributed by atoms with Gasteiger partial charge >= 0.3 is 29.6 Å². The van der Waals surface area contributed by atoms with Crippen LogP contribution in [0.5, 0.6) is 0 Å². The quantitative estimate of drug-likeness (QED) is 0.198. The molecule has 0 bridgehead atoms. The van der Waals surface area contributed by atoms with E-state index in [9.17, 15) is 0 Å². The largest absolute Gasteiger partial charge is 1.00 e. The van der Waals surface area contributed by atoms with Crippen molar-refractivity contribution in [2.45, 2.75) is 0 Å². The second-order valence-corrected chi connectivity index (χ2v) is 2.25. The molecule has 0 nitrogen and oxygen atoms in total. The maximum absolute atomic E-state index is 4.24. The van der Waals surface area contributed by atoms with Gasteiger partial charge < -0.3 is 12.2 Å². The van der Waals surface area contributed by atoms with E-state index in [0.29, 0.717) is 0 Å². The molecule has 0 spiro atoms. The van der Waals surface area contributed by atoms with Crippen molar-refractivity contribution < 1.29 is 29.6 Å². The van der Waals surface area contributed by atoms with Gasteiger partial charge in [-0.1, -0.05) is 0 Å². The summed E-state index contributed by atoms with van der Waals surface area (Å²) in [7, 11) is 0. The van der Waals surface area contributed by atoms with Crippen molar-refractivity contribution in [3.05, 3.63) is 0 Å². The van der Waals surface area contributed by atoms with Gasteiger partial charge in [0, 0.05) is 6.56 Å². The van der Waals surface area contributed by atoms with Gasteiger partial charge in [-0.2, -0.15) is 0 Å². The van der Waals surface area contributed by atoms with E-state index in [1.807, 2.05) is 0 Å². The molecule has 0 aliphatic heterocycles. The minimum absolute atomic E-state index is 0. The van der Waals surface area contributed by atoms with E-state index in [4.69, 9.17) is 0 Å². The molecule has 4 heavy (non-hydrogen) atoms. The van der Waals surface area contributed by atoms with Crippen molar-refractivity contribution in [1.82, 2.24) is 0 Å². The zero-order valence-electron chi connectivity index (χ0n) is 2.32. The summed E-state index contributed by atoms with van der Waals surface area (Å²) in [6, 6.07) is 0. The molecule has 0 aromatic rings. The van der Waals surface area contributed by atoms with E-state index in [1.165, 1.54) is 0 Å². The van der Waals surface area contributed by atoms with Crippen LogP contribution in [-0.2, 0) is 24.1 Å². The first-order valence-corrected chi connectivity index (χ1v) is 3.67. The molecular weight excluding hydrogens is 118 g/mol. The van der Waals surface area contributed by atoms with Crippen LogP contribution in [0.1, 0.15) is 0 Å². The van der Waals surface area contributed by atoms with Crippen LogP contribution in [0.3, 0.4) is 0 Å². The smallest absolute Gasteiger partial charge is 0.481 e. The molecule has 0 saturated carbocycles. The Morgan fingerprint density at radius 2 is 1.75 bits per heavy atom. The molecule has 0 N–H and O–H groups in total. The Hall–Kier alpha value is 1.87. The SMILES string of the molecule is S=[PH+][S-].[Na+]. The van der Waals surface area contributed by atoms with Crippen molar-refractivity contribution in [1.29, 1.82) is 0 Å². The van der Waals surface area contributed by atoms with Crippen molar-refractivity contribution in [3.63, 3.8) is 0 Å². The standard InChI is InChI=1S/Na.HPS2/c;2-1-3/h;1H/q+1;. The normalized spacial score (nSPS) is 5.25. The van der Waals surface area contributed by atoms with Crippen molar-refractivity contribution >= 4 is 30.6 Å². The van der Waals surface area contributed by atoms with Gasteiger partial charge in [-0.05, 0) is 0 Å². The first kappa shape index (κ1) is 9.30. The van der Waals surface area contributed by atoms with Gasteiger partial charge in [0.2, 0.25) is 0 Å². The zero-order chi connectivity index (χ0) is 2.71. The van der Waals surface area contributed by atoms with E-state index >= 15 is 0 Å². The molecule has 1 atom stereocenters. The summed E-state index contributed by atoms with van der Waals surface area (Å²) < 4.78 is 0. The predicted octanol–water partition coefficient (Wildman–Crippen LogP) is -2.41. The molecule has 0 rings (SSSR count). The Morgan fingerprint density at radius 3 is 1.75 bits per heavy atom. The van der Waals surface area contributed by atoms with Crippen LogP contribution in [0.4, 0.5) is 0 Å². The molecule has 0 aromatic carbocycles. The van der Waals surface area contributed by atoms with Gasteiger partial charge in [0.05, 0.1) is 0 Å². The minimum Gasteiger partial charge on any atom is -0.481 e. The molecule has 0 amide bonds. The van der Waals surface area contributed by atoms with Crippen LogP contribution in [0, 0.1) is 0 Å². The van der Waals surface area contributed by atoms with Crippen LogP contribution in [0.2, 0.25) is 0 Å². The second kappa shape index (κ2) is 8.85. The molecule has 0 aromatic heterocycles. The van der Waals surface area contributed by atoms with Crippen LogP contribution in [-0.4, -0.2) is 0 Å². The maximum Gasteiger partial charge on any atom is 1.00 e. The van der Waals surface area contributed by atoms with Crippen molar-refractivity contribution in [3.8, 4) is 0 Å². The van der Waals surface area contributed by atoms with Crippen LogP contribution in [0.15, 0.2) is 0 Å². The number of hydrogen-bond acceptors (Lipinski definition) is 2. The molecule has 0 heterocycles. The Morgan fingerprint density at radius 1 is 1.75 bits per heavy atom. The van der Waals surface area contributed by atoms with E-state index < -0.39 is 0 Å². The third-order valence-electron chi connectivity index (χ3n) is 0. The topological polar surface area (TPSA) is 0 Å². The summed E-state index contributed by atoms with van der Waals surface area (Å²) in [5.74, 6) is 0. The summed E-state index contributed by atoms with van der Waals surface area (Å²) in [4.78, 5) is 0. The van der Waals surface area contributed by atoms with Gasteiger partial charge in [0.25, 0.3) is 0 Å². The maximum atomic E-state index is 4.24. The molecule has 0 fully saturated rings. The fourth-order valence-electron chi connectivity index (χ4n) is 0. The summed E-state index contributed by atoms with van der Waals surface area (Å²) in [6.07, 6.45) is 0. The van der Waals surface area contributed by atoms with Gasteiger partial charge in [-0.15, -0.1) is 0 Å². The summed E-state index contributed by atoms with van der Waals surface area (Å²) >= 11 is 8.47. The number of rotatable bonds is 0. The van der Waals surface area contributed by atoms with Gasteiger partial charge in [0.15, 0.2) is 0 Å². The fourth-order valence-corrected chi connectivity index (χ4v) is 0. The van der Waals surface area contributed by atoms with Crippen LogP contribution < -0.4 is 29.6 Å². The van der Waals surface area contributed by atoms with Crippen LogP contribution >= 0.6 is 6.56 Å². The van der Waals surface area contributed by atoms with Gasteiger partial charge in [0.1, 0.15) is 11.8 Å². The second-order valence-electron chi connectivity index (χ2n) is 0.0833. The summed E-state index contributed by atoms with van der Waals surface area (Å²) in [6.45, 7) is 0.250. The first-order valence-electron chi connectivity index (χ1n) is 0.408. The van der Waals surface area contributed by atoms with Gasteiger partial charge in [-0.3, -0.25) is 0 Å².